The van der Waals surface area contributed by atoms with Gasteiger partial charge in [0, 0.05) is 23.2 Å². The third-order valence-corrected chi connectivity index (χ3v) is 2.32. The van der Waals surface area contributed by atoms with Crippen molar-refractivity contribution in [3.63, 3.8) is 0 Å². The monoisotopic (exact) mass is 203 g/mol. The molecule has 0 fully saturated rings. The third-order valence-electron chi connectivity index (χ3n) is 2.06. The van der Waals surface area contributed by atoms with Crippen molar-refractivity contribution in [3.8, 4) is 0 Å². The summed E-state index contributed by atoms with van der Waals surface area (Å²) in [5, 5.41) is 12.9. The molecule has 0 amide bonds. The third kappa shape index (κ3) is 0.882. The summed E-state index contributed by atoms with van der Waals surface area (Å²) in [6, 6.07) is 1.89. The molecule has 1 N–H and O–H groups in total. The normalized spacial score (nSPS) is 11.1. The van der Waals surface area contributed by atoms with Crippen LogP contribution in [0.2, 0.25) is 0 Å². The lowest BCUT2D eigenvalue weighted by Crippen LogP contribution is -1.92. The van der Waals surface area contributed by atoms with Gasteiger partial charge in [0.25, 0.3) is 0 Å². The molecule has 0 aromatic carbocycles. The molecular formula is C8H5N5S. The number of pyridine rings is 1. The van der Waals surface area contributed by atoms with Crippen LogP contribution < -0.4 is 0 Å². The van der Waals surface area contributed by atoms with Crippen molar-refractivity contribution in [2.45, 2.75) is 0 Å². The topological polar surface area (TPSA) is 58.9 Å². The number of H-pyrrole nitrogens is 1. The quantitative estimate of drug-likeness (QED) is 0.560. The summed E-state index contributed by atoms with van der Waals surface area (Å²) in [7, 11) is 0. The predicted molar refractivity (Wildman–Crippen MR) is 53.5 cm³/mol. The molecule has 0 aliphatic heterocycles. The Kier molecular flexibility index (Phi) is 1.40. The first-order valence-electron chi connectivity index (χ1n) is 4.02. The van der Waals surface area contributed by atoms with E-state index in [9.17, 15) is 0 Å². The van der Waals surface area contributed by atoms with Gasteiger partial charge in [-0.05, 0) is 18.3 Å². The minimum Gasteiger partial charge on any atom is -0.264 e. The molecule has 0 unspecified atom stereocenters. The Morgan fingerprint density at radius 1 is 1.36 bits per heavy atom. The smallest absolute Gasteiger partial charge is 0.216 e. The maximum absolute atomic E-state index is 5.01. The molecule has 0 bridgehead atoms. The van der Waals surface area contributed by atoms with Gasteiger partial charge in [-0.3, -0.25) is 4.98 Å². The van der Waals surface area contributed by atoms with Gasteiger partial charge in [-0.25, -0.2) is 5.10 Å². The summed E-state index contributed by atoms with van der Waals surface area (Å²) in [5.74, 6) is 0. The number of hydrogen-bond donors (Lipinski definition) is 1. The molecule has 0 atom stereocenters. The Hall–Kier alpha value is -1.82. The lowest BCUT2D eigenvalue weighted by atomic mass is 10.2. The number of hydrogen-bond acceptors (Lipinski definition) is 4. The molecule has 0 saturated carbocycles. The molecule has 3 aromatic rings. The van der Waals surface area contributed by atoms with E-state index in [0.29, 0.717) is 10.4 Å². The Morgan fingerprint density at radius 2 is 2.29 bits per heavy atom. The van der Waals surface area contributed by atoms with E-state index in [4.69, 9.17) is 12.2 Å². The van der Waals surface area contributed by atoms with E-state index in [-0.39, 0.29) is 0 Å². The maximum Gasteiger partial charge on any atom is 0.216 e. The summed E-state index contributed by atoms with van der Waals surface area (Å²) in [6.45, 7) is 0. The van der Waals surface area contributed by atoms with E-state index in [1.54, 1.807) is 23.1 Å². The summed E-state index contributed by atoms with van der Waals surface area (Å²) in [6.07, 6.45) is 5.22. The first-order valence-corrected chi connectivity index (χ1v) is 4.43. The van der Waals surface area contributed by atoms with Crippen LogP contribution in [0.25, 0.3) is 16.4 Å². The highest BCUT2D eigenvalue weighted by Gasteiger charge is 2.03. The number of rotatable bonds is 0. The maximum atomic E-state index is 5.01. The van der Waals surface area contributed by atoms with Crippen molar-refractivity contribution in [2.24, 2.45) is 0 Å². The molecule has 5 nitrogen and oxygen atoms in total. The number of nitrogens with zero attached hydrogens (tertiary/aromatic N) is 4. The van der Waals surface area contributed by atoms with E-state index < -0.39 is 0 Å². The van der Waals surface area contributed by atoms with Crippen LogP contribution >= 0.6 is 12.2 Å². The molecule has 68 valence electrons. The van der Waals surface area contributed by atoms with Gasteiger partial charge in [0.15, 0.2) is 5.65 Å². The Labute approximate surface area is 83.4 Å². The molecule has 0 aliphatic rings. The van der Waals surface area contributed by atoms with Crippen LogP contribution in [0.1, 0.15) is 0 Å². The van der Waals surface area contributed by atoms with E-state index in [1.165, 1.54) is 0 Å². The number of fused-ring (bicyclic) bond motifs is 3. The average molecular weight is 203 g/mol. The van der Waals surface area contributed by atoms with Crippen LogP contribution in [0.15, 0.2) is 24.7 Å². The van der Waals surface area contributed by atoms with Crippen LogP contribution in [0.3, 0.4) is 0 Å². The van der Waals surface area contributed by atoms with Gasteiger partial charge in [0.1, 0.15) is 0 Å². The minimum atomic E-state index is 0.491. The van der Waals surface area contributed by atoms with E-state index in [1.807, 2.05) is 6.07 Å². The highest BCUT2D eigenvalue weighted by molar-refractivity contribution is 7.71. The highest BCUT2D eigenvalue weighted by atomic mass is 32.1. The van der Waals surface area contributed by atoms with Gasteiger partial charge < -0.3 is 0 Å². The van der Waals surface area contributed by atoms with Crippen molar-refractivity contribution in [3.05, 3.63) is 29.4 Å². The van der Waals surface area contributed by atoms with Gasteiger partial charge in [-0.1, -0.05) is 0 Å². The SMILES string of the molecule is S=c1[nH]nc2c3cnccc3cnn12. The lowest BCUT2D eigenvalue weighted by Gasteiger charge is -1.96. The van der Waals surface area contributed by atoms with Gasteiger partial charge in [0.05, 0.1) is 6.20 Å². The van der Waals surface area contributed by atoms with Gasteiger partial charge in [0.2, 0.25) is 4.77 Å². The average Bonchev–Trinajstić information content (AvgIpc) is 2.61. The Morgan fingerprint density at radius 3 is 3.21 bits per heavy atom. The number of aromatic amines is 1. The van der Waals surface area contributed by atoms with Crippen LogP contribution in [0, 0.1) is 4.77 Å². The second kappa shape index (κ2) is 2.58. The molecule has 3 aromatic heterocycles. The summed E-state index contributed by atoms with van der Waals surface area (Å²) < 4.78 is 2.07. The van der Waals surface area contributed by atoms with Crippen molar-refractivity contribution >= 4 is 28.6 Å². The molecule has 0 aliphatic carbocycles. The minimum absolute atomic E-state index is 0.491. The van der Waals surface area contributed by atoms with E-state index in [2.05, 4.69) is 20.3 Å². The van der Waals surface area contributed by atoms with Crippen molar-refractivity contribution in [2.75, 3.05) is 0 Å². The first-order chi connectivity index (χ1) is 6.86. The van der Waals surface area contributed by atoms with E-state index in [0.717, 1.165) is 10.8 Å². The summed E-state index contributed by atoms with van der Waals surface area (Å²) >= 11 is 5.01. The fourth-order valence-corrected chi connectivity index (χ4v) is 1.58. The summed E-state index contributed by atoms with van der Waals surface area (Å²) in [4.78, 5) is 4.04. The fourth-order valence-electron chi connectivity index (χ4n) is 1.40. The van der Waals surface area contributed by atoms with Crippen LogP contribution in [-0.4, -0.2) is 24.8 Å². The lowest BCUT2D eigenvalue weighted by molar-refractivity contribution is 0.918. The van der Waals surface area contributed by atoms with Crippen LogP contribution in [0.4, 0.5) is 0 Å². The zero-order chi connectivity index (χ0) is 9.54. The molecule has 0 saturated heterocycles. The molecule has 0 radical (unpaired) electrons. The Bertz CT molecular complexity index is 668. The molecule has 14 heavy (non-hydrogen) atoms. The van der Waals surface area contributed by atoms with Crippen molar-refractivity contribution in [1.82, 2.24) is 24.8 Å². The van der Waals surface area contributed by atoms with E-state index >= 15 is 0 Å². The second-order valence-corrected chi connectivity index (χ2v) is 3.26. The standard InChI is InChI=1S/C8H5N5S/c14-8-12-11-7-6-4-9-2-1-5(6)3-10-13(7)8/h1-4H,(H,12,14). The van der Waals surface area contributed by atoms with Gasteiger partial charge in [-0.2, -0.15) is 14.7 Å². The first kappa shape index (κ1) is 7.57. The zero-order valence-electron chi connectivity index (χ0n) is 7.01. The molecular weight excluding hydrogens is 198 g/mol. The Balaban J connectivity index is 2.68. The molecule has 6 heteroatoms. The molecule has 3 heterocycles. The predicted octanol–water partition coefficient (Wildman–Crippen LogP) is 1.34. The molecule has 0 spiro atoms. The zero-order valence-corrected chi connectivity index (χ0v) is 7.82. The number of nitrogens with one attached hydrogen (secondary N) is 1. The number of aromatic nitrogens is 5. The van der Waals surface area contributed by atoms with Crippen molar-refractivity contribution in [1.29, 1.82) is 0 Å². The fraction of sp³-hybridized carbons (Fsp3) is 0. The van der Waals surface area contributed by atoms with Crippen LogP contribution in [-0.2, 0) is 0 Å². The highest BCUT2D eigenvalue weighted by Crippen LogP contribution is 2.14. The van der Waals surface area contributed by atoms with Crippen molar-refractivity contribution < 1.29 is 0 Å². The molecule has 3 rings (SSSR count). The van der Waals surface area contributed by atoms with Gasteiger partial charge >= 0.3 is 0 Å². The van der Waals surface area contributed by atoms with Crippen LogP contribution in [0.5, 0.6) is 0 Å². The largest absolute Gasteiger partial charge is 0.264 e. The summed E-state index contributed by atoms with van der Waals surface area (Å²) in [5.41, 5.74) is 0.709. The second-order valence-electron chi connectivity index (χ2n) is 2.87. The van der Waals surface area contributed by atoms with Gasteiger partial charge in [-0.15, -0.1) is 0 Å².